The summed E-state index contributed by atoms with van der Waals surface area (Å²) in [6.07, 6.45) is 4.81. The molecule has 0 radical (unpaired) electrons. The van der Waals surface area contributed by atoms with E-state index in [2.05, 4.69) is 38.8 Å². The van der Waals surface area contributed by atoms with Crippen LogP contribution in [0, 0.1) is 0 Å². The zero-order chi connectivity index (χ0) is 8.43. The summed E-state index contributed by atoms with van der Waals surface area (Å²) in [6.45, 7) is 6.68. The van der Waals surface area contributed by atoms with Gasteiger partial charge in [0.1, 0.15) is 0 Å². The lowest BCUT2D eigenvalue weighted by Gasteiger charge is -2.22. The predicted molar refractivity (Wildman–Crippen MR) is 49.7 cm³/mol. The maximum Gasteiger partial charge on any atom is 0.0345 e. The lowest BCUT2D eigenvalue weighted by atomic mass is 10.2. The van der Waals surface area contributed by atoms with E-state index < -0.39 is 0 Å². The van der Waals surface area contributed by atoms with Crippen molar-refractivity contribution in [2.45, 2.75) is 45.7 Å². The number of nitrogens with zero attached hydrogens (tertiary/aromatic N) is 1. The first kappa shape index (κ1) is 8.79. The van der Waals surface area contributed by atoms with Crippen molar-refractivity contribution >= 4 is 0 Å². The van der Waals surface area contributed by atoms with E-state index in [0.29, 0.717) is 0 Å². The molecule has 2 unspecified atom stereocenters. The highest BCUT2D eigenvalue weighted by atomic mass is 15.2. The molecule has 64 valence electrons. The van der Waals surface area contributed by atoms with Gasteiger partial charge in [-0.3, -0.25) is 4.90 Å². The Morgan fingerprint density at radius 1 is 1.73 bits per heavy atom. The van der Waals surface area contributed by atoms with Crippen LogP contribution in [0.3, 0.4) is 0 Å². The van der Waals surface area contributed by atoms with Gasteiger partial charge < -0.3 is 0 Å². The van der Waals surface area contributed by atoms with Crippen LogP contribution in [0.2, 0.25) is 0 Å². The van der Waals surface area contributed by atoms with E-state index in [1.807, 2.05) is 0 Å². The fraction of sp³-hybridized carbons (Fsp3) is 0.800. The molecule has 0 aromatic rings. The van der Waals surface area contributed by atoms with Crippen LogP contribution < -0.4 is 0 Å². The zero-order valence-electron chi connectivity index (χ0n) is 8.09. The maximum atomic E-state index is 2.48. The van der Waals surface area contributed by atoms with E-state index in [-0.39, 0.29) is 0 Å². The molecule has 0 amide bonds. The molecule has 1 aliphatic rings. The van der Waals surface area contributed by atoms with Crippen molar-refractivity contribution in [3.8, 4) is 0 Å². The molecule has 0 aromatic carbocycles. The van der Waals surface area contributed by atoms with Gasteiger partial charge >= 0.3 is 0 Å². The molecule has 0 aromatic heterocycles. The number of hydrogen-bond acceptors (Lipinski definition) is 1. The van der Waals surface area contributed by atoms with Gasteiger partial charge in [-0.2, -0.15) is 0 Å². The number of rotatable bonds is 3. The third kappa shape index (κ3) is 1.84. The lowest BCUT2D eigenvalue weighted by Crippen LogP contribution is -2.30. The maximum absolute atomic E-state index is 2.48. The molecule has 1 saturated carbocycles. The summed E-state index contributed by atoms with van der Waals surface area (Å²) < 4.78 is 0. The lowest BCUT2D eigenvalue weighted by molar-refractivity contribution is 0.249. The van der Waals surface area contributed by atoms with Crippen LogP contribution in [0.15, 0.2) is 11.6 Å². The van der Waals surface area contributed by atoms with Crippen LogP contribution in [0.5, 0.6) is 0 Å². The van der Waals surface area contributed by atoms with Crippen molar-refractivity contribution in [2.75, 3.05) is 7.05 Å². The first-order valence-corrected chi connectivity index (χ1v) is 4.57. The summed E-state index contributed by atoms with van der Waals surface area (Å²) in [6, 6.07) is 1.51. The molecule has 0 heterocycles. The van der Waals surface area contributed by atoms with Crippen molar-refractivity contribution in [3.63, 3.8) is 0 Å². The second kappa shape index (κ2) is 3.40. The summed E-state index contributed by atoms with van der Waals surface area (Å²) in [5.74, 6) is 0. The normalized spacial score (nSPS) is 29.5. The van der Waals surface area contributed by atoms with Gasteiger partial charge in [0.2, 0.25) is 0 Å². The highest BCUT2D eigenvalue weighted by molar-refractivity contribution is 5.28. The molecule has 1 aliphatic carbocycles. The molecule has 0 N–H and O–H groups in total. The molecule has 0 bridgehead atoms. The number of hydrogen-bond donors (Lipinski definition) is 0. The molecule has 11 heavy (non-hydrogen) atoms. The highest BCUT2D eigenvalue weighted by Gasteiger charge is 2.33. The van der Waals surface area contributed by atoms with Gasteiger partial charge in [-0.15, -0.1) is 0 Å². The molecule has 0 aliphatic heterocycles. The minimum Gasteiger partial charge on any atom is -0.297 e. The SMILES string of the molecule is C/C=C1/CC1N(C)C(C)CC. The fourth-order valence-corrected chi connectivity index (χ4v) is 1.48. The van der Waals surface area contributed by atoms with Crippen LogP contribution in [-0.4, -0.2) is 24.0 Å². The summed E-state index contributed by atoms with van der Waals surface area (Å²) in [5.41, 5.74) is 1.62. The molecule has 1 nitrogen and oxygen atoms in total. The van der Waals surface area contributed by atoms with Crippen LogP contribution in [-0.2, 0) is 0 Å². The number of allylic oxidation sites excluding steroid dienone is 1. The highest BCUT2D eigenvalue weighted by Crippen LogP contribution is 2.35. The van der Waals surface area contributed by atoms with Gasteiger partial charge in [0.05, 0.1) is 0 Å². The van der Waals surface area contributed by atoms with Gasteiger partial charge in [0.25, 0.3) is 0 Å². The molecule has 0 saturated heterocycles. The minimum atomic E-state index is 0.734. The molecule has 1 rings (SSSR count). The van der Waals surface area contributed by atoms with Gasteiger partial charge in [0, 0.05) is 12.1 Å². The Kier molecular flexibility index (Phi) is 2.72. The van der Waals surface area contributed by atoms with Crippen molar-refractivity contribution in [2.24, 2.45) is 0 Å². The molecule has 1 heteroatoms. The first-order valence-electron chi connectivity index (χ1n) is 4.57. The van der Waals surface area contributed by atoms with E-state index in [1.54, 1.807) is 5.57 Å². The molecule has 0 spiro atoms. The average molecular weight is 153 g/mol. The summed E-state index contributed by atoms with van der Waals surface area (Å²) in [4.78, 5) is 2.48. The molecule has 2 atom stereocenters. The van der Waals surface area contributed by atoms with Crippen molar-refractivity contribution in [1.29, 1.82) is 0 Å². The van der Waals surface area contributed by atoms with E-state index in [9.17, 15) is 0 Å². The van der Waals surface area contributed by atoms with Crippen molar-refractivity contribution in [1.82, 2.24) is 4.90 Å². The Labute approximate surface area is 70.1 Å². The van der Waals surface area contributed by atoms with E-state index >= 15 is 0 Å². The van der Waals surface area contributed by atoms with Crippen LogP contribution in [0.4, 0.5) is 0 Å². The smallest absolute Gasteiger partial charge is 0.0345 e. The monoisotopic (exact) mass is 153 g/mol. The van der Waals surface area contributed by atoms with Crippen LogP contribution in [0.25, 0.3) is 0 Å². The topological polar surface area (TPSA) is 3.24 Å². The Balaban J connectivity index is 2.38. The standard InChI is InChI=1S/C10H19N/c1-5-8(3)11(4)10-7-9(10)6-2/h6,8,10H,5,7H2,1-4H3/b9-6-. The number of likely N-dealkylation sites (N-methyl/N-ethyl adjacent to an activating group) is 1. The van der Waals surface area contributed by atoms with E-state index in [1.165, 1.54) is 12.8 Å². The summed E-state index contributed by atoms with van der Waals surface area (Å²) >= 11 is 0. The Morgan fingerprint density at radius 3 is 2.73 bits per heavy atom. The summed E-state index contributed by atoms with van der Waals surface area (Å²) in [7, 11) is 2.23. The minimum absolute atomic E-state index is 0.734. The van der Waals surface area contributed by atoms with Crippen LogP contribution >= 0.6 is 0 Å². The molecular formula is C10H19N. The van der Waals surface area contributed by atoms with Crippen molar-refractivity contribution in [3.05, 3.63) is 11.6 Å². The quantitative estimate of drug-likeness (QED) is 0.563. The van der Waals surface area contributed by atoms with E-state index in [0.717, 1.165) is 12.1 Å². The fourth-order valence-electron chi connectivity index (χ4n) is 1.48. The average Bonchev–Trinajstić information content (AvgIpc) is 2.80. The van der Waals surface area contributed by atoms with Gasteiger partial charge in [0.15, 0.2) is 0 Å². The summed E-state index contributed by atoms with van der Waals surface area (Å²) in [5, 5.41) is 0. The van der Waals surface area contributed by atoms with Crippen LogP contribution in [0.1, 0.15) is 33.6 Å². The zero-order valence-corrected chi connectivity index (χ0v) is 8.09. The second-order valence-electron chi connectivity index (χ2n) is 3.51. The molecule has 1 fully saturated rings. The van der Waals surface area contributed by atoms with Gasteiger partial charge in [-0.05, 0) is 33.7 Å². The predicted octanol–water partition coefficient (Wildman–Crippen LogP) is 2.44. The Morgan fingerprint density at radius 2 is 2.36 bits per heavy atom. The van der Waals surface area contributed by atoms with Gasteiger partial charge in [-0.1, -0.05) is 18.6 Å². The third-order valence-corrected chi connectivity index (χ3v) is 2.85. The second-order valence-corrected chi connectivity index (χ2v) is 3.51. The largest absolute Gasteiger partial charge is 0.297 e. The molecular weight excluding hydrogens is 134 g/mol. The Bertz CT molecular complexity index is 160. The van der Waals surface area contributed by atoms with Crippen molar-refractivity contribution < 1.29 is 0 Å². The Hall–Kier alpha value is -0.300. The third-order valence-electron chi connectivity index (χ3n) is 2.85. The van der Waals surface area contributed by atoms with Gasteiger partial charge in [-0.25, -0.2) is 0 Å². The van der Waals surface area contributed by atoms with E-state index in [4.69, 9.17) is 0 Å². The first-order chi connectivity index (χ1) is 5.20.